The van der Waals surface area contributed by atoms with Crippen molar-refractivity contribution in [1.82, 2.24) is 9.88 Å². The molecule has 3 aromatic rings. The molecule has 5 rings (SSSR count). The molecular formula is C26H26N2O3. The summed E-state index contributed by atoms with van der Waals surface area (Å²) >= 11 is 0. The number of carbonyl (C=O) groups is 1. The highest BCUT2D eigenvalue weighted by Gasteiger charge is 2.35. The van der Waals surface area contributed by atoms with Crippen molar-refractivity contribution in [3.05, 3.63) is 89.7 Å². The van der Waals surface area contributed by atoms with E-state index >= 15 is 0 Å². The molecule has 5 heteroatoms. The van der Waals surface area contributed by atoms with Crippen molar-refractivity contribution >= 4 is 6.09 Å². The van der Waals surface area contributed by atoms with Gasteiger partial charge >= 0.3 is 6.09 Å². The predicted molar refractivity (Wildman–Crippen MR) is 119 cm³/mol. The van der Waals surface area contributed by atoms with Crippen LogP contribution in [0.4, 0.5) is 4.79 Å². The third-order valence-corrected chi connectivity index (χ3v) is 6.54. The Bertz CT molecular complexity index is 1030. The second-order valence-electron chi connectivity index (χ2n) is 8.55. The SMILES string of the molecule is O=C(OCC1c2ccccc2-c2ccccc21)N1CCC(O)(Cc2cccnc2)CC1. The van der Waals surface area contributed by atoms with Gasteiger partial charge in [-0.3, -0.25) is 4.98 Å². The van der Waals surface area contributed by atoms with Gasteiger partial charge in [-0.2, -0.15) is 0 Å². The van der Waals surface area contributed by atoms with E-state index in [1.54, 1.807) is 17.3 Å². The third-order valence-electron chi connectivity index (χ3n) is 6.54. The first-order valence-electron chi connectivity index (χ1n) is 10.8. The molecule has 2 aromatic carbocycles. The lowest BCUT2D eigenvalue weighted by molar-refractivity contribution is -0.0201. The van der Waals surface area contributed by atoms with Gasteiger partial charge in [0.15, 0.2) is 0 Å². The van der Waals surface area contributed by atoms with Crippen molar-refractivity contribution in [3.63, 3.8) is 0 Å². The van der Waals surface area contributed by atoms with Crippen molar-refractivity contribution in [2.45, 2.75) is 30.8 Å². The van der Waals surface area contributed by atoms with Crippen LogP contribution in [0.1, 0.15) is 35.4 Å². The molecule has 2 aliphatic rings. The summed E-state index contributed by atoms with van der Waals surface area (Å²) in [5, 5.41) is 10.9. The number of hydrogen-bond donors (Lipinski definition) is 1. The largest absolute Gasteiger partial charge is 0.448 e. The fraction of sp³-hybridized carbons (Fsp3) is 0.308. The van der Waals surface area contributed by atoms with E-state index in [-0.39, 0.29) is 12.0 Å². The molecule has 1 aromatic heterocycles. The Kier molecular flexibility index (Phi) is 5.20. The van der Waals surface area contributed by atoms with Crippen molar-refractivity contribution in [2.24, 2.45) is 0 Å². The van der Waals surface area contributed by atoms with Crippen molar-refractivity contribution in [2.75, 3.05) is 19.7 Å². The predicted octanol–water partition coefficient (Wildman–Crippen LogP) is 4.40. The van der Waals surface area contributed by atoms with Crippen LogP contribution in [0.3, 0.4) is 0 Å². The fourth-order valence-electron chi connectivity index (χ4n) is 4.85. The van der Waals surface area contributed by atoms with E-state index in [4.69, 9.17) is 4.74 Å². The van der Waals surface area contributed by atoms with E-state index in [9.17, 15) is 9.90 Å². The minimum absolute atomic E-state index is 0.0589. The minimum Gasteiger partial charge on any atom is -0.448 e. The monoisotopic (exact) mass is 414 g/mol. The zero-order valence-corrected chi connectivity index (χ0v) is 17.4. The van der Waals surface area contributed by atoms with Gasteiger partial charge < -0.3 is 14.7 Å². The van der Waals surface area contributed by atoms with Crippen LogP contribution in [-0.4, -0.2) is 46.4 Å². The minimum atomic E-state index is -0.802. The van der Waals surface area contributed by atoms with Gasteiger partial charge in [0.2, 0.25) is 0 Å². The van der Waals surface area contributed by atoms with E-state index in [1.165, 1.54) is 22.3 Å². The number of fused-ring (bicyclic) bond motifs is 3. The average Bonchev–Trinajstić information content (AvgIpc) is 3.12. The number of amides is 1. The Labute approximate surface area is 182 Å². The second-order valence-corrected chi connectivity index (χ2v) is 8.55. The van der Waals surface area contributed by atoms with Crippen LogP contribution < -0.4 is 0 Å². The Balaban J connectivity index is 1.20. The molecule has 1 saturated heterocycles. The maximum atomic E-state index is 12.8. The molecule has 1 N–H and O–H groups in total. The number of ether oxygens (including phenoxy) is 1. The molecule has 0 saturated carbocycles. The molecule has 0 unspecified atom stereocenters. The van der Waals surface area contributed by atoms with Crippen LogP contribution in [0, 0.1) is 0 Å². The molecule has 1 aliphatic heterocycles. The van der Waals surface area contributed by atoms with Gasteiger partial charge in [0.25, 0.3) is 0 Å². The van der Waals surface area contributed by atoms with E-state index in [0.29, 0.717) is 39.0 Å². The summed E-state index contributed by atoms with van der Waals surface area (Å²) in [7, 11) is 0. The van der Waals surface area contributed by atoms with Crippen molar-refractivity contribution in [3.8, 4) is 11.1 Å². The lowest BCUT2D eigenvalue weighted by atomic mass is 9.86. The number of pyridine rings is 1. The molecule has 0 spiro atoms. The van der Waals surface area contributed by atoms with Gasteiger partial charge in [-0.25, -0.2) is 4.79 Å². The number of nitrogens with zero attached hydrogens (tertiary/aromatic N) is 2. The number of hydrogen-bond acceptors (Lipinski definition) is 4. The summed E-state index contributed by atoms with van der Waals surface area (Å²) in [6.45, 7) is 1.31. The maximum absolute atomic E-state index is 12.8. The first kappa shape index (κ1) is 19.8. The smallest absolute Gasteiger partial charge is 0.409 e. The number of piperidine rings is 1. The summed E-state index contributed by atoms with van der Waals surface area (Å²) in [5.41, 5.74) is 5.07. The summed E-state index contributed by atoms with van der Waals surface area (Å²) in [4.78, 5) is 18.6. The summed E-state index contributed by atoms with van der Waals surface area (Å²) in [5.74, 6) is 0.0589. The van der Waals surface area contributed by atoms with Crippen LogP contribution in [0.5, 0.6) is 0 Å². The zero-order valence-electron chi connectivity index (χ0n) is 17.4. The maximum Gasteiger partial charge on any atom is 0.409 e. The zero-order chi connectivity index (χ0) is 21.3. The molecule has 5 nitrogen and oxygen atoms in total. The number of aliphatic hydroxyl groups is 1. The summed E-state index contributed by atoms with van der Waals surface area (Å²) < 4.78 is 5.76. The van der Waals surface area contributed by atoms with Gasteiger partial charge in [-0.15, -0.1) is 0 Å². The van der Waals surface area contributed by atoms with Crippen LogP contribution in [-0.2, 0) is 11.2 Å². The molecule has 1 amide bonds. The topological polar surface area (TPSA) is 62.7 Å². The van der Waals surface area contributed by atoms with Gasteiger partial charge in [0, 0.05) is 37.8 Å². The molecule has 1 aliphatic carbocycles. The lowest BCUT2D eigenvalue weighted by Crippen LogP contribution is -2.48. The number of benzene rings is 2. The Hall–Kier alpha value is -3.18. The molecule has 1 fully saturated rings. The molecule has 2 heterocycles. The molecule has 31 heavy (non-hydrogen) atoms. The molecular weight excluding hydrogens is 388 g/mol. The Morgan fingerprint density at radius 3 is 2.26 bits per heavy atom. The van der Waals surface area contributed by atoms with Gasteiger partial charge in [-0.1, -0.05) is 54.6 Å². The highest BCUT2D eigenvalue weighted by atomic mass is 16.6. The lowest BCUT2D eigenvalue weighted by Gasteiger charge is -2.37. The first-order chi connectivity index (χ1) is 15.1. The van der Waals surface area contributed by atoms with Crippen LogP contribution >= 0.6 is 0 Å². The van der Waals surface area contributed by atoms with E-state index in [0.717, 1.165) is 5.56 Å². The number of rotatable bonds is 4. The number of aromatic nitrogens is 1. The van der Waals surface area contributed by atoms with Crippen LogP contribution in [0.2, 0.25) is 0 Å². The number of likely N-dealkylation sites (tertiary alicyclic amines) is 1. The normalized spacial score (nSPS) is 17.1. The first-order valence-corrected chi connectivity index (χ1v) is 10.8. The Morgan fingerprint density at radius 2 is 1.65 bits per heavy atom. The molecule has 0 radical (unpaired) electrons. The summed E-state index contributed by atoms with van der Waals surface area (Å²) in [6.07, 6.45) is 4.84. The van der Waals surface area contributed by atoms with Crippen LogP contribution in [0.25, 0.3) is 11.1 Å². The quantitative estimate of drug-likeness (QED) is 0.687. The van der Waals surface area contributed by atoms with Crippen LogP contribution in [0.15, 0.2) is 73.1 Å². The standard InChI is InChI=1S/C26H26N2O3/c29-25(28-14-11-26(30,12-15-28)16-19-6-5-13-27-17-19)31-18-24-22-9-3-1-7-20(22)21-8-2-4-10-23(21)24/h1-10,13,17,24,30H,11-12,14-16,18H2. The highest BCUT2D eigenvalue weighted by Crippen LogP contribution is 2.44. The molecule has 0 bridgehead atoms. The Morgan fingerprint density at radius 1 is 1.00 bits per heavy atom. The van der Waals surface area contributed by atoms with Gasteiger partial charge in [-0.05, 0) is 46.7 Å². The van der Waals surface area contributed by atoms with Crippen molar-refractivity contribution in [1.29, 1.82) is 0 Å². The fourth-order valence-corrected chi connectivity index (χ4v) is 4.85. The molecule has 158 valence electrons. The second kappa shape index (κ2) is 8.16. The molecule has 0 atom stereocenters. The van der Waals surface area contributed by atoms with Gasteiger partial charge in [0.1, 0.15) is 6.61 Å². The van der Waals surface area contributed by atoms with Gasteiger partial charge in [0.05, 0.1) is 5.60 Å². The average molecular weight is 415 g/mol. The van der Waals surface area contributed by atoms with Crippen molar-refractivity contribution < 1.29 is 14.6 Å². The third kappa shape index (κ3) is 3.93. The summed E-state index contributed by atoms with van der Waals surface area (Å²) in [6, 6.07) is 20.5. The highest BCUT2D eigenvalue weighted by molar-refractivity contribution is 5.79. The van der Waals surface area contributed by atoms with E-state index in [2.05, 4.69) is 29.2 Å². The number of carbonyl (C=O) groups excluding carboxylic acids is 1. The van der Waals surface area contributed by atoms with E-state index in [1.807, 2.05) is 36.4 Å². The van der Waals surface area contributed by atoms with E-state index < -0.39 is 5.60 Å².